The first-order valence-corrected chi connectivity index (χ1v) is 10.1. The maximum absolute atomic E-state index is 11.9. The van der Waals surface area contributed by atoms with Gasteiger partial charge in [-0.15, -0.1) is 0 Å². The molecule has 0 aliphatic carbocycles. The number of carbonyl (C=O) groups excluding carboxylic acids is 1. The molecule has 0 heterocycles. The normalized spacial score (nSPS) is 12.4. The highest BCUT2D eigenvalue weighted by atomic mass is 32.2. The number of sulfone groups is 1. The fraction of sp³-hybridized carbons (Fsp3) is 0.938. The van der Waals surface area contributed by atoms with Crippen molar-refractivity contribution >= 4 is 15.7 Å². The first kappa shape index (κ1) is 23.3. The molecule has 24 heavy (non-hydrogen) atoms. The monoisotopic (exact) mass is 366 g/mol. The minimum Gasteiger partial charge on any atom is -0.379 e. The summed E-state index contributed by atoms with van der Waals surface area (Å²) >= 11 is 0. The number of hydrogen-bond acceptors (Lipinski definition) is 6. The Labute approximate surface area is 147 Å². The van der Waals surface area contributed by atoms with Gasteiger partial charge in [0.05, 0.1) is 30.8 Å². The molecule has 0 radical (unpaired) electrons. The van der Waals surface area contributed by atoms with Crippen molar-refractivity contribution < 1.29 is 22.7 Å². The molecule has 0 aliphatic heterocycles. The Morgan fingerprint density at radius 1 is 0.958 bits per heavy atom. The average Bonchev–Trinajstić information content (AvgIpc) is 2.49. The molecule has 0 aliphatic rings. The molecule has 144 valence electrons. The maximum atomic E-state index is 11.9. The Hall–Kier alpha value is -0.700. The minimum absolute atomic E-state index is 0.00874. The highest BCUT2D eigenvalue weighted by Crippen LogP contribution is 2.00. The fourth-order valence-corrected chi connectivity index (χ4v) is 2.40. The van der Waals surface area contributed by atoms with Crippen LogP contribution in [-0.2, 0) is 24.1 Å². The van der Waals surface area contributed by atoms with Gasteiger partial charge in [0.1, 0.15) is 6.61 Å². The lowest BCUT2D eigenvalue weighted by molar-refractivity contribution is -0.135. The van der Waals surface area contributed by atoms with Crippen molar-refractivity contribution in [1.82, 2.24) is 9.80 Å². The lowest BCUT2D eigenvalue weighted by Crippen LogP contribution is -2.35. The summed E-state index contributed by atoms with van der Waals surface area (Å²) in [4.78, 5) is 15.5. The standard InChI is InChI=1S/C16H34N2O5S/c1-14(2)17(5)7-10-23-13-16(19)18(6)8-9-22-11-12-24(20,21)15(3)4/h14-15H,7-13H2,1-6H3. The number of likely N-dealkylation sites (N-methyl/N-ethyl adjacent to an activating group) is 2. The zero-order chi connectivity index (χ0) is 18.8. The molecule has 0 N–H and O–H groups in total. The van der Waals surface area contributed by atoms with Crippen molar-refractivity contribution in [3.05, 3.63) is 0 Å². The lowest BCUT2D eigenvalue weighted by atomic mass is 10.3. The van der Waals surface area contributed by atoms with Crippen molar-refractivity contribution in [2.45, 2.75) is 39.0 Å². The molecule has 0 saturated heterocycles. The van der Waals surface area contributed by atoms with Gasteiger partial charge in [-0.25, -0.2) is 8.42 Å². The van der Waals surface area contributed by atoms with Crippen LogP contribution in [0.2, 0.25) is 0 Å². The van der Waals surface area contributed by atoms with Crippen LogP contribution in [0.3, 0.4) is 0 Å². The van der Waals surface area contributed by atoms with Crippen LogP contribution in [0.1, 0.15) is 27.7 Å². The number of amides is 1. The van der Waals surface area contributed by atoms with E-state index >= 15 is 0 Å². The van der Waals surface area contributed by atoms with Crippen molar-refractivity contribution in [2.75, 3.05) is 59.4 Å². The van der Waals surface area contributed by atoms with Crippen molar-refractivity contribution in [2.24, 2.45) is 0 Å². The van der Waals surface area contributed by atoms with E-state index in [-0.39, 0.29) is 24.9 Å². The molecule has 0 bridgehead atoms. The summed E-state index contributed by atoms with van der Waals surface area (Å²) in [6.45, 7) is 9.73. The van der Waals surface area contributed by atoms with E-state index in [1.165, 1.54) is 4.90 Å². The van der Waals surface area contributed by atoms with Gasteiger partial charge in [-0.05, 0) is 34.7 Å². The van der Waals surface area contributed by atoms with Crippen LogP contribution in [-0.4, -0.2) is 94.8 Å². The number of carbonyl (C=O) groups is 1. The third-order valence-electron chi connectivity index (χ3n) is 3.92. The summed E-state index contributed by atoms with van der Waals surface area (Å²) < 4.78 is 33.9. The second kappa shape index (κ2) is 11.8. The topological polar surface area (TPSA) is 76.2 Å². The summed E-state index contributed by atoms with van der Waals surface area (Å²) in [6, 6.07) is 0.448. The van der Waals surface area contributed by atoms with E-state index in [2.05, 4.69) is 18.7 Å². The van der Waals surface area contributed by atoms with Gasteiger partial charge in [0, 0.05) is 26.2 Å². The average molecular weight is 367 g/mol. The van der Waals surface area contributed by atoms with E-state index < -0.39 is 15.1 Å². The third kappa shape index (κ3) is 10.2. The first-order valence-electron chi connectivity index (χ1n) is 8.39. The predicted octanol–water partition coefficient (Wildman–Crippen LogP) is 0.641. The second-order valence-electron chi connectivity index (χ2n) is 6.47. The molecular formula is C16H34N2O5S. The van der Waals surface area contributed by atoms with Crippen LogP contribution in [0, 0.1) is 0 Å². The van der Waals surface area contributed by atoms with E-state index in [9.17, 15) is 13.2 Å². The summed E-state index contributed by atoms with van der Waals surface area (Å²) in [6.07, 6.45) is 0. The summed E-state index contributed by atoms with van der Waals surface area (Å²) in [5.41, 5.74) is 0. The molecule has 1 amide bonds. The zero-order valence-electron chi connectivity index (χ0n) is 15.9. The Morgan fingerprint density at radius 2 is 1.54 bits per heavy atom. The number of nitrogens with zero attached hydrogens (tertiary/aromatic N) is 2. The molecule has 0 aromatic carbocycles. The van der Waals surface area contributed by atoms with Crippen molar-refractivity contribution in [3.63, 3.8) is 0 Å². The number of rotatable bonds is 13. The quantitative estimate of drug-likeness (QED) is 0.445. The van der Waals surface area contributed by atoms with E-state index in [0.717, 1.165) is 6.54 Å². The van der Waals surface area contributed by atoms with Gasteiger partial charge in [0.2, 0.25) is 5.91 Å². The largest absolute Gasteiger partial charge is 0.379 e. The van der Waals surface area contributed by atoms with E-state index in [1.807, 2.05) is 7.05 Å². The molecule has 8 heteroatoms. The first-order chi connectivity index (χ1) is 11.1. The van der Waals surface area contributed by atoms with Crippen molar-refractivity contribution in [1.29, 1.82) is 0 Å². The Kier molecular flexibility index (Phi) is 11.4. The molecule has 0 unspecified atom stereocenters. The number of ether oxygens (including phenoxy) is 2. The van der Waals surface area contributed by atoms with Crippen LogP contribution >= 0.6 is 0 Å². The molecular weight excluding hydrogens is 332 g/mol. The molecule has 0 saturated carbocycles. The SMILES string of the molecule is CC(C)N(C)CCOCC(=O)N(C)CCOCCS(=O)(=O)C(C)C. The maximum Gasteiger partial charge on any atom is 0.248 e. The van der Waals surface area contributed by atoms with Crippen LogP contribution in [0.15, 0.2) is 0 Å². The van der Waals surface area contributed by atoms with Crippen LogP contribution in [0.4, 0.5) is 0 Å². The van der Waals surface area contributed by atoms with E-state index in [4.69, 9.17) is 9.47 Å². The molecule has 0 atom stereocenters. The van der Waals surface area contributed by atoms with Crippen LogP contribution < -0.4 is 0 Å². The minimum atomic E-state index is -3.07. The van der Waals surface area contributed by atoms with Gasteiger partial charge >= 0.3 is 0 Å². The Balaban J connectivity index is 3.77. The van der Waals surface area contributed by atoms with E-state index in [1.54, 1.807) is 20.9 Å². The highest BCUT2D eigenvalue weighted by molar-refractivity contribution is 7.91. The summed E-state index contributed by atoms with van der Waals surface area (Å²) in [5, 5.41) is -0.391. The smallest absolute Gasteiger partial charge is 0.248 e. The molecule has 0 aromatic heterocycles. The molecule has 0 spiro atoms. The Morgan fingerprint density at radius 3 is 2.08 bits per heavy atom. The third-order valence-corrected chi connectivity index (χ3v) is 6.09. The fourth-order valence-electron chi connectivity index (χ4n) is 1.58. The molecule has 0 fully saturated rings. The van der Waals surface area contributed by atoms with Gasteiger partial charge in [-0.1, -0.05) is 0 Å². The van der Waals surface area contributed by atoms with E-state index in [0.29, 0.717) is 25.8 Å². The molecule has 7 nitrogen and oxygen atoms in total. The predicted molar refractivity (Wildman–Crippen MR) is 96.0 cm³/mol. The summed E-state index contributed by atoms with van der Waals surface area (Å²) in [7, 11) is 0.620. The van der Waals surface area contributed by atoms with Gasteiger partial charge < -0.3 is 19.3 Å². The second-order valence-corrected chi connectivity index (χ2v) is 9.15. The van der Waals surface area contributed by atoms with Crippen LogP contribution in [0.5, 0.6) is 0 Å². The zero-order valence-corrected chi connectivity index (χ0v) is 16.8. The summed E-state index contributed by atoms with van der Waals surface area (Å²) in [5.74, 6) is -0.102. The highest BCUT2D eigenvalue weighted by Gasteiger charge is 2.15. The van der Waals surface area contributed by atoms with Crippen LogP contribution in [0.25, 0.3) is 0 Å². The van der Waals surface area contributed by atoms with Gasteiger partial charge in [0.25, 0.3) is 0 Å². The molecule has 0 rings (SSSR count). The van der Waals surface area contributed by atoms with Gasteiger partial charge in [-0.3, -0.25) is 4.79 Å². The molecule has 0 aromatic rings. The number of hydrogen-bond donors (Lipinski definition) is 0. The van der Waals surface area contributed by atoms with Gasteiger partial charge in [-0.2, -0.15) is 0 Å². The Bertz CT molecular complexity index is 451. The lowest BCUT2D eigenvalue weighted by Gasteiger charge is -2.21. The van der Waals surface area contributed by atoms with Gasteiger partial charge in [0.15, 0.2) is 9.84 Å². The van der Waals surface area contributed by atoms with Crippen molar-refractivity contribution in [3.8, 4) is 0 Å².